The number of rotatable bonds is 5. The molecule has 0 saturated heterocycles. The van der Waals surface area contributed by atoms with E-state index in [-0.39, 0.29) is 17.2 Å². The largest absolute Gasteiger partial charge is 0.438 e. The summed E-state index contributed by atoms with van der Waals surface area (Å²) in [5.41, 5.74) is 2.36. The molecule has 32 heavy (non-hydrogen) atoms. The maximum Gasteiger partial charge on any atom is 0.230 e. The standard InChI is InChI=1S/C24H12Cl3F2NO2/c25-15-3-1-13(2-4-15)19-9-14(12-31)24(32-17-6-8-21(28)22(29)11-17)30-23(19)18-7-5-16(26)10-20(18)27/h1-12H. The van der Waals surface area contributed by atoms with Gasteiger partial charge in [0.2, 0.25) is 5.88 Å². The molecular formula is C24H12Cl3F2NO2. The van der Waals surface area contributed by atoms with Crippen molar-refractivity contribution in [1.82, 2.24) is 4.98 Å². The lowest BCUT2D eigenvalue weighted by Crippen LogP contribution is -2.00. The lowest BCUT2D eigenvalue weighted by molar-refractivity contribution is 0.112. The quantitative estimate of drug-likeness (QED) is 0.264. The Kier molecular flexibility index (Phi) is 6.42. The maximum absolute atomic E-state index is 13.6. The van der Waals surface area contributed by atoms with Crippen LogP contribution in [0.25, 0.3) is 22.4 Å². The molecule has 0 spiro atoms. The topological polar surface area (TPSA) is 39.2 Å². The van der Waals surface area contributed by atoms with E-state index in [0.29, 0.717) is 38.2 Å². The zero-order valence-corrected chi connectivity index (χ0v) is 18.3. The second-order valence-electron chi connectivity index (χ2n) is 6.71. The fourth-order valence-electron chi connectivity index (χ4n) is 3.07. The predicted octanol–water partition coefficient (Wildman–Crippen LogP) is 8.26. The van der Waals surface area contributed by atoms with Gasteiger partial charge in [-0.25, -0.2) is 13.8 Å². The number of aldehydes is 1. The van der Waals surface area contributed by atoms with Gasteiger partial charge in [-0.3, -0.25) is 4.79 Å². The number of pyridine rings is 1. The molecule has 1 heterocycles. The molecule has 0 bridgehead atoms. The summed E-state index contributed by atoms with van der Waals surface area (Å²) in [6.07, 6.45) is 0.564. The zero-order chi connectivity index (χ0) is 22.8. The van der Waals surface area contributed by atoms with Crippen LogP contribution in [0.15, 0.2) is 66.7 Å². The Labute approximate surface area is 197 Å². The van der Waals surface area contributed by atoms with Crippen LogP contribution in [-0.4, -0.2) is 11.3 Å². The molecule has 0 saturated carbocycles. The van der Waals surface area contributed by atoms with Crippen molar-refractivity contribution in [1.29, 1.82) is 0 Å². The predicted molar refractivity (Wildman–Crippen MR) is 122 cm³/mol. The molecule has 0 radical (unpaired) electrons. The average molecular weight is 491 g/mol. The Hall–Kier alpha value is -2.99. The van der Waals surface area contributed by atoms with E-state index in [1.807, 2.05) is 0 Å². The highest BCUT2D eigenvalue weighted by atomic mass is 35.5. The fraction of sp³-hybridized carbons (Fsp3) is 0. The van der Waals surface area contributed by atoms with Gasteiger partial charge in [-0.1, -0.05) is 46.9 Å². The number of hydrogen-bond acceptors (Lipinski definition) is 3. The SMILES string of the molecule is O=Cc1cc(-c2ccc(Cl)cc2)c(-c2ccc(Cl)cc2Cl)nc1Oc1ccc(F)c(F)c1. The molecular weight excluding hydrogens is 479 g/mol. The lowest BCUT2D eigenvalue weighted by atomic mass is 9.97. The first-order valence-corrected chi connectivity index (χ1v) is 10.3. The second kappa shape index (κ2) is 9.25. The number of aromatic nitrogens is 1. The van der Waals surface area contributed by atoms with Crippen molar-refractivity contribution in [2.24, 2.45) is 0 Å². The fourth-order valence-corrected chi connectivity index (χ4v) is 3.69. The van der Waals surface area contributed by atoms with E-state index in [9.17, 15) is 13.6 Å². The van der Waals surface area contributed by atoms with Crippen molar-refractivity contribution in [2.45, 2.75) is 0 Å². The Morgan fingerprint density at radius 2 is 1.50 bits per heavy atom. The molecule has 0 unspecified atom stereocenters. The van der Waals surface area contributed by atoms with E-state index in [0.717, 1.165) is 17.7 Å². The minimum atomic E-state index is -1.09. The third-order valence-corrected chi connectivity index (χ3v) is 5.39. The molecule has 0 aliphatic rings. The van der Waals surface area contributed by atoms with E-state index in [1.165, 1.54) is 6.07 Å². The molecule has 3 nitrogen and oxygen atoms in total. The highest BCUT2D eigenvalue weighted by molar-refractivity contribution is 6.36. The van der Waals surface area contributed by atoms with Crippen molar-refractivity contribution < 1.29 is 18.3 Å². The summed E-state index contributed by atoms with van der Waals surface area (Å²) in [4.78, 5) is 16.3. The highest BCUT2D eigenvalue weighted by Crippen LogP contribution is 2.39. The maximum atomic E-state index is 13.6. The number of carbonyl (C=O) groups is 1. The summed E-state index contributed by atoms with van der Waals surface area (Å²) in [5.74, 6) is -2.22. The van der Waals surface area contributed by atoms with Crippen LogP contribution in [0.2, 0.25) is 15.1 Å². The molecule has 0 amide bonds. The highest BCUT2D eigenvalue weighted by Gasteiger charge is 2.19. The molecule has 3 aromatic carbocycles. The summed E-state index contributed by atoms with van der Waals surface area (Å²) in [6.45, 7) is 0. The van der Waals surface area contributed by atoms with Crippen molar-refractivity contribution in [3.8, 4) is 34.0 Å². The van der Waals surface area contributed by atoms with Crippen LogP contribution in [-0.2, 0) is 0 Å². The monoisotopic (exact) mass is 489 g/mol. The van der Waals surface area contributed by atoms with Crippen LogP contribution in [0.4, 0.5) is 8.78 Å². The first-order valence-electron chi connectivity index (χ1n) is 9.20. The Morgan fingerprint density at radius 3 is 2.16 bits per heavy atom. The zero-order valence-electron chi connectivity index (χ0n) is 16.1. The van der Waals surface area contributed by atoms with Crippen molar-refractivity contribution in [3.05, 3.63) is 99.0 Å². The summed E-state index contributed by atoms with van der Waals surface area (Å²) in [7, 11) is 0. The second-order valence-corrected chi connectivity index (χ2v) is 7.99. The van der Waals surface area contributed by atoms with E-state index in [2.05, 4.69) is 4.98 Å². The van der Waals surface area contributed by atoms with Crippen LogP contribution >= 0.6 is 34.8 Å². The van der Waals surface area contributed by atoms with Gasteiger partial charge in [0.1, 0.15) is 5.75 Å². The van der Waals surface area contributed by atoms with Crippen LogP contribution in [0.1, 0.15) is 10.4 Å². The van der Waals surface area contributed by atoms with Crippen molar-refractivity contribution in [2.75, 3.05) is 0 Å². The number of hydrogen-bond donors (Lipinski definition) is 0. The summed E-state index contributed by atoms with van der Waals surface area (Å²) in [6, 6.07) is 16.5. The third kappa shape index (κ3) is 4.60. The normalized spacial score (nSPS) is 10.8. The molecule has 0 fully saturated rings. The number of benzene rings is 3. The van der Waals surface area contributed by atoms with E-state index >= 15 is 0 Å². The first-order chi connectivity index (χ1) is 15.4. The van der Waals surface area contributed by atoms with E-state index in [4.69, 9.17) is 39.5 Å². The van der Waals surface area contributed by atoms with Gasteiger partial charge in [-0.2, -0.15) is 0 Å². The first kappa shape index (κ1) is 22.2. The minimum absolute atomic E-state index is 0.0214. The smallest absolute Gasteiger partial charge is 0.230 e. The van der Waals surface area contributed by atoms with Gasteiger partial charge in [0.25, 0.3) is 0 Å². The average Bonchev–Trinajstić information content (AvgIpc) is 2.77. The Morgan fingerprint density at radius 1 is 0.781 bits per heavy atom. The lowest BCUT2D eigenvalue weighted by Gasteiger charge is -2.15. The number of carbonyl (C=O) groups excluding carboxylic acids is 1. The summed E-state index contributed by atoms with van der Waals surface area (Å²) in [5, 5.41) is 1.31. The molecule has 4 aromatic rings. The Bertz CT molecular complexity index is 1330. The van der Waals surface area contributed by atoms with Crippen molar-refractivity contribution in [3.63, 3.8) is 0 Å². The molecule has 0 aliphatic heterocycles. The van der Waals surface area contributed by atoms with Gasteiger partial charge in [0.05, 0.1) is 16.3 Å². The molecule has 8 heteroatoms. The van der Waals surface area contributed by atoms with Crippen LogP contribution < -0.4 is 4.74 Å². The molecule has 1 aromatic heterocycles. The van der Waals surface area contributed by atoms with Gasteiger partial charge >= 0.3 is 0 Å². The van der Waals surface area contributed by atoms with Gasteiger partial charge in [-0.15, -0.1) is 0 Å². The number of halogens is 5. The van der Waals surface area contributed by atoms with Crippen LogP contribution in [0.5, 0.6) is 11.6 Å². The molecule has 4 rings (SSSR count). The van der Waals surface area contributed by atoms with Crippen LogP contribution in [0.3, 0.4) is 0 Å². The summed E-state index contributed by atoms with van der Waals surface area (Å²) < 4.78 is 32.5. The molecule has 160 valence electrons. The number of nitrogens with zero attached hydrogens (tertiary/aromatic N) is 1. The van der Waals surface area contributed by atoms with E-state index < -0.39 is 11.6 Å². The Balaban J connectivity index is 1.92. The summed E-state index contributed by atoms with van der Waals surface area (Å²) >= 11 is 18.5. The van der Waals surface area contributed by atoms with Crippen molar-refractivity contribution >= 4 is 41.1 Å². The molecule has 0 atom stereocenters. The molecule has 0 aliphatic carbocycles. The minimum Gasteiger partial charge on any atom is -0.438 e. The third-order valence-electron chi connectivity index (χ3n) is 4.59. The van der Waals surface area contributed by atoms with Gasteiger partial charge in [0.15, 0.2) is 17.9 Å². The molecule has 0 N–H and O–H groups in total. The van der Waals surface area contributed by atoms with Crippen LogP contribution in [0, 0.1) is 11.6 Å². The van der Waals surface area contributed by atoms with Gasteiger partial charge in [-0.05, 0) is 54.1 Å². The van der Waals surface area contributed by atoms with Gasteiger partial charge in [0, 0.05) is 27.2 Å². The van der Waals surface area contributed by atoms with Gasteiger partial charge < -0.3 is 4.74 Å². The number of ether oxygens (including phenoxy) is 1. The van der Waals surface area contributed by atoms with E-state index in [1.54, 1.807) is 48.5 Å².